The molecule has 0 aromatic heterocycles. The van der Waals surface area contributed by atoms with E-state index in [2.05, 4.69) is 160 Å². The number of hydrogen-bond acceptors (Lipinski definition) is 8. The molecule has 430 valence electrons. The molecule has 0 aromatic rings. The van der Waals surface area contributed by atoms with E-state index in [1.807, 2.05) is 0 Å². The Balaban J connectivity index is 4.06. The van der Waals surface area contributed by atoms with Gasteiger partial charge in [0.25, 0.3) is 0 Å². The highest BCUT2D eigenvalue weighted by Gasteiger charge is 2.26. The van der Waals surface area contributed by atoms with Crippen molar-refractivity contribution < 1.29 is 37.6 Å². The number of rotatable bonds is 54. The minimum absolute atomic E-state index is 0.0420. The molecule has 0 rings (SSSR count). The molecule has 0 heterocycles. The predicted octanol–water partition coefficient (Wildman–Crippen LogP) is 19.1. The Morgan fingerprint density at radius 2 is 0.724 bits per heavy atom. The molecule has 10 heteroatoms. The third kappa shape index (κ3) is 59.1. The molecule has 9 nitrogen and oxygen atoms in total. The Kier molecular flexibility index (Phi) is 56.9. The van der Waals surface area contributed by atoms with Crippen LogP contribution in [0, 0.1) is 0 Å². The number of carbonyl (C=O) groups excluding carboxylic acids is 2. The lowest BCUT2D eigenvalue weighted by atomic mass is 10.1. The fraction of sp³-hybridized carbons (Fsp3) is 0.606. The van der Waals surface area contributed by atoms with Crippen molar-refractivity contribution >= 4 is 19.8 Å². The standard InChI is InChI=1S/C66H108NO8P/c1-3-5-7-9-11-13-15-17-19-21-23-24-25-26-27-28-29-30-31-32-33-34-35-36-37-38-39-40-41-43-45-47-49-51-53-55-57-59-66(69)75-64(63-74-76(70,71)73-61-60-67)62-72-65(68)58-56-54-52-50-48-46-44-42-22-20-18-16-14-12-10-8-6-4-2/h5,7,11,13-14,16-17,19-20,22-24,26-27,29-30,32-33,35-36,38-39,41,43,64H,3-4,6,8-10,12,15,18,21,25,28,31,34,37,40,42,44-63,67H2,1-2H3,(H,70,71)/b7-5-,13-11-,16-14-,19-17-,22-20-,24-23-,27-26-,30-29-,33-32-,36-35-,39-38-,43-41-. The summed E-state index contributed by atoms with van der Waals surface area (Å²) in [5.74, 6) is -0.863. The quantitative estimate of drug-likeness (QED) is 0.0264. The molecule has 0 bridgehead atoms. The molecule has 0 radical (unpaired) electrons. The highest BCUT2D eigenvalue weighted by atomic mass is 31.2. The van der Waals surface area contributed by atoms with Gasteiger partial charge in [0.05, 0.1) is 13.2 Å². The maximum Gasteiger partial charge on any atom is 0.472 e. The third-order valence-electron chi connectivity index (χ3n) is 12.0. The Bertz CT molecular complexity index is 1750. The monoisotopic (exact) mass is 1070 g/mol. The summed E-state index contributed by atoms with van der Waals surface area (Å²) in [4.78, 5) is 35.2. The largest absolute Gasteiger partial charge is 0.472 e. The van der Waals surface area contributed by atoms with E-state index in [1.165, 1.54) is 51.4 Å². The Morgan fingerprint density at radius 3 is 1.08 bits per heavy atom. The number of ether oxygens (including phenoxy) is 2. The molecule has 76 heavy (non-hydrogen) atoms. The summed E-state index contributed by atoms with van der Waals surface area (Å²) in [6.45, 7) is 3.57. The molecule has 0 saturated carbocycles. The zero-order valence-corrected chi connectivity index (χ0v) is 48.8. The highest BCUT2D eigenvalue weighted by Crippen LogP contribution is 2.43. The van der Waals surface area contributed by atoms with Gasteiger partial charge in [-0.05, 0) is 122 Å². The van der Waals surface area contributed by atoms with E-state index in [4.69, 9.17) is 24.3 Å². The first kappa shape index (κ1) is 71.9. The zero-order chi connectivity index (χ0) is 55.2. The number of esters is 2. The van der Waals surface area contributed by atoms with Crippen molar-refractivity contribution in [1.82, 2.24) is 0 Å². The first-order valence-electron chi connectivity index (χ1n) is 29.8. The van der Waals surface area contributed by atoms with Crippen LogP contribution < -0.4 is 5.73 Å². The number of allylic oxidation sites excluding steroid dienone is 24. The van der Waals surface area contributed by atoms with E-state index in [0.717, 1.165) is 135 Å². The fourth-order valence-electron chi connectivity index (χ4n) is 7.58. The van der Waals surface area contributed by atoms with Crippen LogP contribution in [0.15, 0.2) is 146 Å². The van der Waals surface area contributed by atoms with Gasteiger partial charge in [0.2, 0.25) is 0 Å². The molecule has 0 aromatic carbocycles. The minimum Gasteiger partial charge on any atom is -0.462 e. The summed E-state index contributed by atoms with van der Waals surface area (Å²) in [5.41, 5.74) is 5.38. The summed E-state index contributed by atoms with van der Waals surface area (Å²) in [7, 11) is -4.40. The van der Waals surface area contributed by atoms with Crippen LogP contribution in [0.1, 0.15) is 226 Å². The first-order chi connectivity index (χ1) is 37.3. The fourth-order valence-corrected chi connectivity index (χ4v) is 8.34. The molecule has 2 unspecified atom stereocenters. The van der Waals surface area contributed by atoms with Crippen molar-refractivity contribution in [2.75, 3.05) is 26.4 Å². The van der Waals surface area contributed by atoms with Crippen LogP contribution in [-0.2, 0) is 32.7 Å². The highest BCUT2D eigenvalue weighted by molar-refractivity contribution is 7.47. The second-order valence-corrected chi connectivity index (χ2v) is 20.6. The topological polar surface area (TPSA) is 134 Å². The van der Waals surface area contributed by atoms with Gasteiger partial charge in [0, 0.05) is 19.4 Å². The van der Waals surface area contributed by atoms with Crippen molar-refractivity contribution in [2.24, 2.45) is 5.73 Å². The second kappa shape index (κ2) is 60.1. The van der Waals surface area contributed by atoms with Crippen LogP contribution in [0.5, 0.6) is 0 Å². The molecule has 3 N–H and O–H groups in total. The van der Waals surface area contributed by atoms with Crippen LogP contribution in [0.4, 0.5) is 0 Å². The maximum atomic E-state index is 12.7. The van der Waals surface area contributed by atoms with Crippen molar-refractivity contribution in [3.8, 4) is 0 Å². The third-order valence-corrected chi connectivity index (χ3v) is 12.9. The molecule has 0 spiro atoms. The lowest BCUT2D eigenvalue weighted by Gasteiger charge is -2.19. The number of hydrogen-bond donors (Lipinski definition) is 2. The predicted molar refractivity (Wildman–Crippen MR) is 325 cm³/mol. The molecule has 0 aliphatic heterocycles. The van der Waals surface area contributed by atoms with Crippen LogP contribution in [0.3, 0.4) is 0 Å². The summed E-state index contributed by atoms with van der Waals surface area (Å²) >= 11 is 0. The lowest BCUT2D eigenvalue weighted by molar-refractivity contribution is -0.161. The molecule has 0 saturated heterocycles. The van der Waals surface area contributed by atoms with Crippen molar-refractivity contribution in [1.29, 1.82) is 0 Å². The maximum absolute atomic E-state index is 12.7. The van der Waals surface area contributed by atoms with Gasteiger partial charge in [-0.15, -0.1) is 0 Å². The molecular formula is C66H108NO8P. The van der Waals surface area contributed by atoms with E-state index in [-0.39, 0.29) is 32.6 Å². The number of phosphoric ester groups is 1. The van der Waals surface area contributed by atoms with Crippen molar-refractivity contribution in [3.63, 3.8) is 0 Å². The van der Waals surface area contributed by atoms with Crippen LogP contribution in [-0.4, -0.2) is 49.3 Å². The van der Waals surface area contributed by atoms with Gasteiger partial charge in [-0.1, -0.05) is 237 Å². The van der Waals surface area contributed by atoms with Gasteiger partial charge in [0.15, 0.2) is 6.10 Å². The smallest absolute Gasteiger partial charge is 0.462 e. The number of phosphoric acid groups is 1. The van der Waals surface area contributed by atoms with Crippen molar-refractivity contribution in [2.45, 2.75) is 232 Å². The second-order valence-electron chi connectivity index (χ2n) is 19.1. The number of unbranched alkanes of at least 4 members (excludes halogenated alkanes) is 17. The number of nitrogens with two attached hydrogens (primary N) is 1. The molecule has 0 amide bonds. The van der Waals surface area contributed by atoms with Gasteiger partial charge in [-0.3, -0.25) is 18.6 Å². The van der Waals surface area contributed by atoms with E-state index < -0.39 is 32.5 Å². The van der Waals surface area contributed by atoms with E-state index in [0.29, 0.717) is 12.8 Å². The molecule has 0 aliphatic carbocycles. The van der Waals surface area contributed by atoms with Crippen LogP contribution >= 0.6 is 7.82 Å². The molecular weight excluding hydrogens is 966 g/mol. The van der Waals surface area contributed by atoms with Gasteiger partial charge < -0.3 is 20.1 Å². The molecule has 2 atom stereocenters. The normalized spacial score (nSPS) is 14.1. The van der Waals surface area contributed by atoms with E-state index in [1.54, 1.807) is 0 Å². The van der Waals surface area contributed by atoms with Crippen molar-refractivity contribution in [3.05, 3.63) is 146 Å². The lowest BCUT2D eigenvalue weighted by Crippen LogP contribution is -2.29. The van der Waals surface area contributed by atoms with Crippen LogP contribution in [0.25, 0.3) is 0 Å². The Hall–Kier alpha value is -4.11. The summed E-state index contributed by atoms with van der Waals surface area (Å²) in [5, 5.41) is 0. The Morgan fingerprint density at radius 1 is 0.408 bits per heavy atom. The van der Waals surface area contributed by atoms with Gasteiger partial charge in [-0.25, -0.2) is 4.57 Å². The Labute approximate surface area is 465 Å². The molecule has 0 aliphatic rings. The van der Waals surface area contributed by atoms with Gasteiger partial charge in [-0.2, -0.15) is 0 Å². The minimum atomic E-state index is -4.40. The summed E-state index contributed by atoms with van der Waals surface area (Å²) in [6, 6.07) is 0. The SMILES string of the molecule is CC/C=C\C/C=C\C/C=C\C/C=C\C/C=C\C/C=C\C/C=C\C/C=C\C/C=C\C/C=C\CCCCCCCCC(=O)OC(COC(=O)CCCCCCCCC/C=C\C/C=C\CCCCCC)COP(=O)(O)OCCN. The summed E-state index contributed by atoms with van der Waals surface area (Å²) in [6.07, 6.45) is 86.1. The number of carbonyl (C=O) groups is 2. The molecule has 0 fully saturated rings. The van der Waals surface area contributed by atoms with Gasteiger partial charge >= 0.3 is 19.8 Å². The average Bonchev–Trinajstić information content (AvgIpc) is 3.41. The average molecular weight is 1070 g/mol. The first-order valence-corrected chi connectivity index (χ1v) is 31.3. The van der Waals surface area contributed by atoms with Crippen LogP contribution in [0.2, 0.25) is 0 Å². The van der Waals surface area contributed by atoms with Gasteiger partial charge in [0.1, 0.15) is 6.61 Å². The van der Waals surface area contributed by atoms with E-state index >= 15 is 0 Å². The van der Waals surface area contributed by atoms with E-state index in [9.17, 15) is 19.0 Å². The summed E-state index contributed by atoms with van der Waals surface area (Å²) < 4.78 is 33.0. The zero-order valence-electron chi connectivity index (χ0n) is 47.9.